The molecule has 0 aliphatic carbocycles. The zero-order valence-electron chi connectivity index (χ0n) is 9.87. The molecule has 0 spiro atoms. The van der Waals surface area contributed by atoms with Crippen molar-refractivity contribution in [3.05, 3.63) is 48.5 Å². The van der Waals surface area contributed by atoms with Crippen molar-refractivity contribution >= 4 is 0 Å². The molecule has 0 aliphatic rings. The standard InChI is InChI=1S/C13H17N3O/c1-11(17)8-15-10-13-5-3-7-16(13)12-4-2-6-14-9-12/h2-7,9,11,15,17H,8,10H2,1H3. The van der Waals surface area contributed by atoms with E-state index in [2.05, 4.69) is 20.9 Å². The first-order valence-electron chi connectivity index (χ1n) is 5.73. The average molecular weight is 231 g/mol. The van der Waals surface area contributed by atoms with Gasteiger partial charge in [0.25, 0.3) is 0 Å². The van der Waals surface area contributed by atoms with Gasteiger partial charge in [-0.05, 0) is 31.2 Å². The summed E-state index contributed by atoms with van der Waals surface area (Å²) in [4.78, 5) is 4.11. The molecule has 2 aromatic heterocycles. The van der Waals surface area contributed by atoms with Gasteiger partial charge >= 0.3 is 0 Å². The maximum absolute atomic E-state index is 9.19. The molecule has 0 amide bonds. The van der Waals surface area contributed by atoms with E-state index in [1.54, 1.807) is 13.1 Å². The number of nitrogens with one attached hydrogen (secondary N) is 1. The minimum absolute atomic E-state index is 0.322. The van der Waals surface area contributed by atoms with Gasteiger partial charge in [-0.3, -0.25) is 4.98 Å². The van der Waals surface area contributed by atoms with Gasteiger partial charge in [-0.1, -0.05) is 0 Å². The number of nitrogens with zero attached hydrogens (tertiary/aromatic N) is 2. The highest BCUT2D eigenvalue weighted by Gasteiger charge is 2.03. The second-order valence-electron chi connectivity index (χ2n) is 4.06. The molecule has 2 heterocycles. The summed E-state index contributed by atoms with van der Waals surface area (Å²) in [6, 6.07) is 8.00. The molecular formula is C13H17N3O. The van der Waals surface area contributed by atoms with Crippen molar-refractivity contribution < 1.29 is 5.11 Å². The van der Waals surface area contributed by atoms with E-state index in [0.717, 1.165) is 17.9 Å². The predicted molar refractivity (Wildman–Crippen MR) is 67.0 cm³/mol. The Morgan fingerprint density at radius 3 is 3.00 bits per heavy atom. The molecule has 90 valence electrons. The van der Waals surface area contributed by atoms with Crippen molar-refractivity contribution in [2.45, 2.75) is 19.6 Å². The van der Waals surface area contributed by atoms with Crippen molar-refractivity contribution in [2.75, 3.05) is 6.54 Å². The van der Waals surface area contributed by atoms with E-state index >= 15 is 0 Å². The van der Waals surface area contributed by atoms with Crippen molar-refractivity contribution in [1.29, 1.82) is 0 Å². The summed E-state index contributed by atoms with van der Waals surface area (Å²) < 4.78 is 2.09. The highest BCUT2D eigenvalue weighted by Crippen LogP contribution is 2.10. The lowest BCUT2D eigenvalue weighted by Crippen LogP contribution is -2.24. The summed E-state index contributed by atoms with van der Waals surface area (Å²) >= 11 is 0. The first-order valence-corrected chi connectivity index (χ1v) is 5.73. The molecule has 2 N–H and O–H groups in total. The van der Waals surface area contributed by atoms with Gasteiger partial charge in [-0.2, -0.15) is 0 Å². The Hall–Kier alpha value is -1.65. The van der Waals surface area contributed by atoms with Crippen LogP contribution in [-0.4, -0.2) is 27.3 Å². The molecule has 4 nitrogen and oxygen atoms in total. The molecule has 1 atom stereocenters. The third-order valence-electron chi connectivity index (χ3n) is 2.50. The van der Waals surface area contributed by atoms with Gasteiger partial charge in [0.15, 0.2) is 0 Å². The predicted octanol–water partition coefficient (Wildman–Crippen LogP) is 1.34. The van der Waals surface area contributed by atoms with Gasteiger partial charge in [0.1, 0.15) is 0 Å². The van der Waals surface area contributed by atoms with Gasteiger partial charge in [-0.25, -0.2) is 0 Å². The summed E-state index contributed by atoms with van der Waals surface area (Å²) in [5, 5.41) is 12.4. The Labute approximate surface area is 101 Å². The number of pyridine rings is 1. The van der Waals surface area contributed by atoms with E-state index in [9.17, 15) is 5.11 Å². The van der Waals surface area contributed by atoms with E-state index in [1.807, 2.05) is 30.6 Å². The maximum Gasteiger partial charge on any atom is 0.0636 e. The smallest absolute Gasteiger partial charge is 0.0636 e. The fourth-order valence-corrected chi connectivity index (χ4v) is 1.72. The Morgan fingerprint density at radius 2 is 2.29 bits per heavy atom. The SMILES string of the molecule is CC(O)CNCc1cccn1-c1cccnc1. The van der Waals surface area contributed by atoms with Crippen LogP contribution in [0.25, 0.3) is 5.69 Å². The lowest BCUT2D eigenvalue weighted by atomic mass is 10.3. The van der Waals surface area contributed by atoms with Gasteiger partial charge < -0.3 is 15.0 Å². The number of hydrogen-bond acceptors (Lipinski definition) is 3. The van der Waals surface area contributed by atoms with Crippen LogP contribution in [0.5, 0.6) is 0 Å². The number of aromatic nitrogens is 2. The Kier molecular flexibility index (Phi) is 3.90. The van der Waals surface area contributed by atoms with Crippen LogP contribution < -0.4 is 5.32 Å². The second-order valence-corrected chi connectivity index (χ2v) is 4.06. The van der Waals surface area contributed by atoms with Crippen LogP contribution in [0.2, 0.25) is 0 Å². The average Bonchev–Trinajstić information content (AvgIpc) is 2.78. The van der Waals surface area contributed by atoms with Crippen molar-refractivity contribution in [3.8, 4) is 5.69 Å². The molecule has 0 saturated carbocycles. The summed E-state index contributed by atoms with van der Waals surface area (Å²) in [5.74, 6) is 0. The number of aliphatic hydroxyl groups excluding tert-OH is 1. The van der Waals surface area contributed by atoms with E-state index in [0.29, 0.717) is 6.54 Å². The minimum Gasteiger partial charge on any atom is -0.392 e. The number of hydrogen-bond donors (Lipinski definition) is 2. The molecule has 1 unspecified atom stereocenters. The van der Waals surface area contributed by atoms with Crippen LogP contribution in [0.1, 0.15) is 12.6 Å². The van der Waals surface area contributed by atoms with Crippen LogP contribution in [0.3, 0.4) is 0 Å². The molecule has 2 rings (SSSR count). The molecule has 4 heteroatoms. The molecule has 0 saturated heterocycles. The molecule has 0 radical (unpaired) electrons. The van der Waals surface area contributed by atoms with Crippen LogP contribution in [0.4, 0.5) is 0 Å². The van der Waals surface area contributed by atoms with Gasteiger partial charge in [0.2, 0.25) is 0 Å². The van der Waals surface area contributed by atoms with Crippen molar-refractivity contribution in [2.24, 2.45) is 0 Å². The van der Waals surface area contributed by atoms with Gasteiger partial charge in [0.05, 0.1) is 18.0 Å². The van der Waals surface area contributed by atoms with E-state index in [-0.39, 0.29) is 6.10 Å². The summed E-state index contributed by atoms with van der Waals surface area (Å²) in [6.45, 7) is 3.10. The second kappa shape index (κ2) is 5.61. The number of aliphatic hydroxyl groups is 1. The third-order valence-corrected chi connectivity index (χ3v) is 2.50. The maximum atomic E-state index is 9.19. The topological polar surface area (TPSA) is 50.1 Å². The zero-order valence-corrected chi connectivity index (χ0v) is 9.87. The van der Waals surface area contributed by atoms with E-state index < -0.39 is 0 Å². The van der Waals surface area contributed by atoms with Crippen LogP contribution >= 0.6 is 0 Å². The molecule has 17 heavy (non-hydrogen) atoms. The van der Waals surface area contributed by atoms with E-state index in [4.69, 9.17) is 0 Å². The van der Waals surface area contributed by atoms with E-state index in [1.165, 1.54) is 0 Å². The first kappa shape index (κ1) is 11.8. The lowest BCUT2D eigenvalue weighted by Gasteiger charge is -2.10. The molecule has 2 aromatic rings. The monoisotopic (exact) mass is 231 g/mol. The van der Waals surface area contributed by atoms with Crippen LogP contribution in [-0.2, 0) is 6.54 Å². The molecule has 0 aliphatic heterocycles. The lowest BCUT2D eigenvalue weighted by molar-refractivity contribution is 0.190. The van der Waals surface area contributed by atoms with Crippen molar-refractivity contribution in [3.63, 3.8) is 0 Å². The quantitative estimate of drug-likeness (QED) is 0.816. The van der Waals surface area contributed by atoms with Crippen molar-refractivity contribution in [1.82, 2.24) is 14.9 Å². The normalized spacial score (nSPS) is 12.6. The fraction of sp³-hybridized carbons (Fsp3) is 0.308. The molecular weight excluding hydrogens is 214 g/mol. The minimum atomic E-state index is -0.322. The first-order chi connectivity index (χ1) is 8.27. The van der Waals surface area contributed by atoms with Gasteiger partial charge in [0, 0.05) is 31.2 Å². The fourth-order valence-electron chi connectivity index (χ4n) is 1.72. The highest BCUT2D eigenvalue weighted by atomic mass is 16.3. The highest BCUT2D eigenvalue weighted by molar-refractivity contribution is 5.31. The zero-order chi connectivity index (χ0) is 12.1. The molecule has 0 bridgehead atoms. The van der Waals surface area contributed by atoms with Crippen LogP contribution in [0, 0.1) is 0 Å². The molecule has 0 fully saturated rings. The Morgan fingerprint density at radius 1 is 1.41 bits per heavy atom. The summed E-state index contributed by atoms with van der Waals surface area (Å²) in [7, 11) is 0. The Balaban J connectivity index is 2.07. The largest absolute Gasteiger partial charge is 0.392 e. The Bertz CT molecular complexity index is 451. The number of rotatable bonds is 5. The van der Waals surface area contributed by atoms with Gasteiger partial charge in [-0.15, -0.1) is 0 Å². The molecule has 0 aromatic carbocycles. The summed E-state index contributed by atoms with van der Waals surface area (Å²) in [6.07, 6.45) is 5.28. The summed E-state index contributed by atoms with van der Waals surface area (Å²) in [5.41, 5.74) is 2.20. The van der Waals surface area contributed by atoms with Crippen LogP contribution in [0.15, 0.2) is 42.9 Å². The third kappa shape index (κ3) is 3.15.